The van der Waals surface area contributed by atoms with Crippen LogP contribution in [0.5, 0.6) is 11.5 Å². The van der Waals surface area contributed by atoms with Crippen molar-refractivity contribution < 1.29 is 27.6 Å². The van der Waals surface area contributed by atoms with E-state index in [0.717, 1.165) is 31.4 Å². The maximum absolute atomic E-state index is 12.2. The van der Waals surface area contributed by atoms with E-state index in [1.807, 2.05) is 0 Å². The van der Waals surface area contributed by atoms with Crippen molar-refractivity contribution in [2.24, 2.45) is 0 Å². The number of unbranched alkanes of at least 4 members (excludes halogenated alkanes) is 5. The summed E-state index contributed by atoms with van der Waals surface area (Å²) in [5, 5.41) is 11.4. The molecule has 0 fully saturated rings. The fraction of sp³-hybridized carbons (Fsp3) is 0.429. The second kappa shape index (κ2) is 10.7. The SMILES string of the molecule is CCCCCCCCOc1ccc(-c2ccc(OC(F)(F)F)cc2)cc1[N+](=O)[O-]. The van der Waals surface area contributed by atoms with Crippen molar-refractivity contribution in [3.63, 3.8) is 0 Å². The van der Waals surface area contributed by atoms with Gasteiger partial charge in [-0.25, -0.2) is 0 Å². The highest BCUT2D eigenvalue weighted by molar-refractivity contribution is 5.69. The number of nitro benzene ring substituents is 1. The van der Waals surface area contributed by atoms with E-state index in [2.05, 4.69) is 11.7 Å². The monoisotopic (exact) mass is 411 g/mol. The number of alkyl halides is 3. The van der Waals surface area contributed by atoms with Crippen molar-refractivity contribution >= 4 is 5.69 Å². The van der Waals surface area contributed by atoms with Crippen LogP contribution in [0.25, 0.3) is 11.1 Å². The number of benzene rings is 2. The molecule has 0 aliphatic rings. The summed E-state index contributed by atoms with van der Waals surface area (Å²) in [6.45, 7) is 2.55. The smallest absolute Gasteiger partial charge is 0.487 e. The van der Waals surface area contributed by atoms with Crippen LogP contribution in [0, 0.1) is 10.1 Å². The molecule has 2 rings (SSSR count). The molecule has 158 valence electrons. The molecule has 0 aliphatic carbocycles. The minimum atomic E-state index is -4.77. The lowest BCUT2D eigenvalue weighted by molar-refractivity contribution is -0.385. The van der Waals surface area contributed by atoms with E-state index in [-0.39, 0.29) is 17.2 Å². The first-order valence-electron chi connectivity index (χ1n) is 9.57. The van der Waals surface area contributed by atoms with Crippen LogP contribution in [-0.2, 0) is 0 Å². The lowest BCUT2D eigenvalue weighted by atomic mass is 10.0. The van der Waals surface area contributed by atoms with Crippen molar-refractivity contribution in [1.82, 2.24) is 0 Å². The van der Waals surface area contributed by atoms with Crippen LogP contribution in [0.3, 0.4) is 0 Å². The maximum atomic E-state index is 12.2. The van der Waals surface area contributed by atoms with Gasteiger partial charge >= 0.3 is 12.0 Å². The molecule has 5 nitrogen and oxygen atoms in total. The molecule has 0 amide bonds. The highest BCUT2D eigenvalue weighted by atomic mass is 19.4. The zero-order valence-corrected chi connectivity index (χ0v) is 16.2. The second-order valence-corrected chi connectivity index (χ2v) is 6.63. The van der Waals surface area contributed by atoms with E-state index < -0.39 is 11.3 Å². The predicted octanol–water partition coefficient (Wildman–Crippen LogP) is 6.90. The Balaban J connectivity index is 2.02. The van der Waals surface area contributed by atoms with Gasteiger partial charge in [0, 0.05) is 6.07 Å². The van der Waals surface area contributed by atoms with Gasteiger partial charge in [0.05, 0.1) is 11.5 Å². The Labute approximate surface area is 167 Å². The van der Waals surface area contributed by atoms with E-state index in [1.165, 1.54) is 43.5 Å². The van der Waals surface area contributed by atoms with Crippen LogP contribution in [0.2, 0.25) is 0 Å². The quantitative estimate of drug-likeness (QED) is 0.229. The van der Waals surface area contributed by atoms with E-state index >= 15 is 0 Å². The number of hydrogen-bond acceptors (Lipinski definition) is 4. The molecule has 2 aromatic rings. The van der Waals surface area contributed by atoms with Gasteiger partial charge in [-0.3, -0.25) is 10.1 Å². The third kappa shape index (κ3) is 7.63. The van der Waals surface area contributed by atoms with E-state index in [0.29, 0.717) is 17.7 Å². The lowest BCUT2D eigenvalue weighted by Gasteiger charge is -2.10. The summed E-state index contributed by atoms with van der Waals surface area (Å²) in [6.07, 6.45) is 1.74. The number of halogens is 3. The number of ether oxygens (including phenoxy) is 2. The molecule has 0 saturated heterocycles. The molecule has 0 N–H and O–H groups in total. The molecule has 0 radical (unpaired) electrons. The van der Waals surface area contributed by atoms with Gasteiger partial charge < -0.3 is 9.47 Å². The summed E-state index contributed by atoms with van der Waals surface area (Å²) in [4.78, 5) is 10.9. The molecule has 29 heavy (non-hydrogen) atoms. The molecular weight excluding hydrogens is 387 g/mol. The molecular formula is C21H24F3NO4. The largest absolute Gasteiger partial charge is 0.573 e. The lowest BCUT2D eigenvalue weighted by Crippen LogP contribution is -2.16. The summed E-state index contributed by atoms with van der Waals surface area (Å²) in [7, 11) is 0. The first-order chi connectivity index (χ1) is 13.8. The fourth-order valence-corrected chi connectivity index (χ4v) is 2.88. The van der Waals surface area contributed by atoms with Crippen LogP contribution in [0.1, 0.15) is 45.4 Å². The van der Waals surface area contributed by atoms with Crippen molar-refractivity contribution in [1.29, 1.82) is 0 Å². The van der Waals surface area contributed by atoms with Crippen molar-refractivity contribution in [2.45, 2.75) is 51.8 Å². The number of rotatable bonds is 11. The molecule has 0 aliphatic heterocycles. The van der Waals surface area contributed by atoms with Crippen LogP contribution >= 0.6 is 0 Å². The Morgan fingerprint density at radius 2 is 1.55 bits per heavy atom. The average molecular weight is 411 g/mol. The summed E-state index contributed by atoms with van der Waals surface area (Å²) in [5.74, 6) is -0.168. The Hall–Kier alpha value is -2.77. The Kier molecular flexibility index (Phi) is 8.30. The van der Waals surface area contributed by atoms with E-state index in [4.69, 9.17) is 4.74 Å². The van der Waals surface area contributed by atoms with Crippen molar-refractivity contribution in [3.05, 3.63) is 52.6 Å². The summed E-state index contributed by atoms with van der Waals surface area (Å²) in [5.41, 5.74) is 0.858. The maximum Gasteiger partial charge on any atom is 0.573 e. The normalized spacial score (nSPS) is 11.3. The van der Waals surface area contributed by atoms with E-state index in [1.54, 1.807) is 6.07 Å². The average Bonchev–Trinajstić information content (AvgIpc) is 2.66. The second-order valence-electron chi connectivity index (χ2n) is 6.63. The molecule has 0 spiro atoms. The van der Waals surface area contributed by atoms with Crippen LogP contribution in [-0.4, -0.2) is 17.9 Å². The van der Waals surface area contributed by atoms with Crippen molar-refractivity contribution in [2.75, 3.05) is 6.61 Å². The van der Waals surface area contributed by atoms with Gasteiger partial charge in [-0.05, 0) is 35.7 Å². The standard InChI is InChI=1S/C21H24F3NO4/c1-2-3-4-5-6-7-14-28-20-13-10-17(15-19(20)25(26)27)16-8-11-18(12-9-16)29-21(22,23)24/h8-13,15H,2-7,14H2,1H3. The van der Waals surface area contributed by atoms with Crippen molar-refractivity contribution in [3.8, 4) is 22.6 Å². The zero-order chi connectivity index (χ0) is 21.3. The number of nitrogens with zero attached hydrogens (tertiary/aromatic N) is 1. The van der Waals surface area contributed by atoms with Crippen LogP contribution in [0.4, 0.5) is 18.9 Å². The molecule has 0 aromatic heterocycles. The topological polar surface area (TPSA) is 61.6 Å². The Morgan fingerprint density at radius 3 is 2.17 bits per heavy atom. The Bertz CT molecular complexity index is 792. The van der Waals surface area contributed by atoms with Gasteiger partial charge in [0.1, 0.15) is 5.75 Å². The van der Waals surface area contributed by atoms with Crippen LogP contribution < -0.4 is 9.47 Å². The molecule has 2 aromatic carbocycles. The van der Waals surface area contributed by atoms with E-state index in [9.17, 15) is 23.3 Å². The fourth-order valence-electron chi connectivity index (χ4n) is 2.88. The summed E-state index contributed by atoms with van der Waals surface area (Å²) >= 11 is 0. The first-order valence-corrected chi connectivity index (χ1v) is 9.57. The molecule has 0 saturated carbocycles. The molecule has 0 unspecified atom stereocenters. The minimum absolute atomic E-state index is 0.177. The molecule has 0 heterocycles. The third-order valence-corrected chi connectivity index (χ3v) is 4.33. The highest BCUT2D eigenvalue weighted by Gasteiger charge is 2.31. The molecule has 8 heteroatoms. The summed E-state index contributed by atoms with van der Waals surface area (Å²) in [6, 6.07) is 9.67. The van der Waals surface area contributed by atoms with Gasteiger partial charge in [0.15, 0.2) is 5.75 Å². The first kappa shape index (κ1) is 22.5. The van der Waals surface area contributed by atoms with Gasteiger partial charge in [0.2, 0.25) is 0 Å². The van der Waals surface area contributed by atoms with Gasteiger partial charge in [-0.15, -0.1) is 13.2 Å². The number of hydrogen-bond donors (Lipinski definition) is 0. The van der Waals surface area contributed by atoms with Gasteiger partial charge in [-0.1, -0.05) is 57.2 Å². The molecule has 0 atom stereocenters. The van der Waals surface area contributed by atoms with Gasteiger partial charge in [-0.2, -0.15) is 0 Å². The minimum Gasteiger partial charge on any atom is -0.487 e. The number of nitro groups is 1. The molecule has 0 bridgehead atoms. The third-order valence-electron chi connectivity index (χ3n) is 4.33. The van der Waals surface area contributed by atoms with Gasteiger partial charge in [0.25, 0.3) is 0 Å². The van der Waals surface area contributed by atoms with Crippen LogP contribution in [0.15, 0.2) is 42.5 Å². The Morgan fingerprint density at radius 1 is 0.931 bits per heavy atom. The summed E-state index contributed by atoms with van der Waals surface area (Å²) < 4.78 is 46.1. The highest BCUT2D eigenvalue weighted by Crippen LogP contribution is 2.33. The zero-order valence-electron chi connectivity index (χ0n) is 16.2. The predicted molar refractivity (Wildman–Crippen MR) is 104 cm³/mol.